The van der Waals surface area contributed by atoms with Crippen LogP contribution in [0.2, 0.25) is 0 Å². The highest BCUT2D eigenvalue weighted by molar-refractivity contribution is 5.94. The molecule has 13 heteroatoms. The number of carboxylic acid groups (broad SMARTS) is 1. The minimum Gasteiger partial charge on any atom is -0.508 e. The Hall–Kier alpha value is -5.27. The molecule has 3 rings (SSSR count). The molecule has 0 unspecified atom stereocenters. The second kappa shape index (κ2) is 17.9. The van der Waals surface area contributed by atoms with E-state index in [4.69, 9.17) is 10.5 Å². The van der Waals surface area contributed by atoms with Crippen LogP contribution < -0.4 is 27.0 Å². The number of nitrogens with one attached hydrogen (secondary N) is 4. The van der Waals surface area contributed by atoms with Crippen LogP contribution in [0.15, 0.2) is 84.9 Å². The molecule has 0 aliphatic carbocycles. The molecule has 0 saturated heterocycles. The zero-order valence-corrected chi connectivity index (χ0v) is 25.3. The molecule has 46 heavy (non-hydrogen) atoms. The number of ether oxygens (including phenoxy) is 1. The van der Waals surface area contributed by atoms with E-state index in [1.54, 1.807) is 42.5 Å². The van der Waals surface area contributed by atoms with Gasteiger partial charge in [0.15, 0.2) is 6.04 Å². The summed E-state index contributed by atoms with van der Waals surface area (Å²) in [7, 11) is 0. The number of amides is 4. The second-order valence-corrected chi connectivity index (χ2v) is 10.6. The smallest absolute Gasteiger partial charge is 0.328 e. The summed E-state index contributed by atoms with van der Waals surface area (Å²) in [5, 5.41) is 29.0. The van der Waals surface area contributed by atoms with E-state index in [1.165, 1.54) is 19.1 Å². The predicted octanol–water partition coefficient (Wildman–Crippen LogP) is 0.397. The minimum atomic E-state index is -1.38. The molecule has 0 spiro atoms. The number of benzene rings is 3. The fourth-order valence-corrected chi connectivity index (χ4v) is 4.31. The quantitative estimate of drug-likeness (QED) is 0.110. The second-order valence-electron chi connectivity index (χ2n) is 10.6. The molecule has 8 N–H and O–H groups in total. The lowest BCUT2D eigenvalue weighted by atomic mass is 10.0. The first kappa shape index (κ1) is 35.2. The lowest BCUT2D eigenvalue weighted by Crippen LogP contribution is -2.55. The van der Waals surface area contributed by atoms with Crippen molar-refractivity contribution >= 4 is 29.6 Å². The Morgan fingerprint density at radius 3 is 1.91 bits per heavy atom. The molecule has 0 bridgehead atoms. The summed E-state index contributed by atoms with van der Waals surface area (Å²) in [6.07, 6.45) is 0.227. The standard InChI is InChI=1S/C33H39N5O8/c1-21(36-31(42)26(34)16-23-12-14-25(39)15-13-23)30(41)35-18-29(40)37-27(17-22-8-4-2-5-9-22)32(43)38-28(33(44)45)20-46-19-24-10-6-3-7-11-24/h2-15,21,26-28,39H,16-20,34H2,1H3,(H,35,41)(H,36,42)(H,37,40)(H,38,43)(H,44,45)/t21-,26+,27+,28+/m1/s1. The first-order valence-electron chi connectivity index (χ1n) is 14.6. The largest absolute Gasteiger partial charge is 0.508 e. The predicted molar refractivity (Wildman–Crippen MR) is 168 cm³/mol. The van der Waals surface area contributed by atoms with Gasteiger partial charge in [-0.1, -0.05) is 72.8 Å². The number of phenols is 1. The molecular formula is C33H39N5O8. The molecule has 0 heterocycles. The van der Waals surface area contributed by atoms with Crippen molar-refractivity contribution in [3.05, 3.63) is 102 Å². The van der Waals surface area contributed by atoms with Crippen molar-refractivity contribution in [1.29, 1.82) is 0 Å². The van der Waals surface area contributed by atoms with Gasteiger partial charge in [0.05, 0.1) is 25.8 Å². The summed E-state index contributed by atoms with van der Waals surface area (Å²) < 4.78 is 5.51. The number of carboxylic acids is 1. The maximum Gasteiger partial charge on any atom is 0.328 e. The molecule has 0 aliphatic heterocycles. The van der Waals surface area contributed by atoms with Gasteiger partial charge in [0, 0.05) is 6.42 Å². The van der Waals surface area contributed by atoms with Crippen LogP contribution in [0.25, 0.3) is 0 Å². The van der Waals surface area contributed by atoms with Gasteiger partial charge in [0.25, 0.3) is 0 Å². The van der Waals surface area contributed by atoms with Crippen LogP contribution in [0, 0.1) is 0 Å². The molecule has 0 radical (unpaired) electrons. The number of carbonyl (C=O) groups is 5. The number of aromatic hydroxyl groups is 1. The van der Waals surface area contributed by atoms with Gasteiger partial charge < -0.3 is 42.0 Å². The van der Waals surface area contributed by atoms with Crippen molar-refractivity contribution in [3.63, 3.8) is 0 Å². The van der Waals surface area contributed by atoms with E-state index < -0.39 is 60.3 Å². The third kappa shape index (κ3) is 12.0. The highest BCUT2D eigenvalue weighted by Gasteiger charge is 2.28. The summed E-state index contributed by atoms with van der Waals surface area (Å²) in [6, 6.07) is 19.6. The Morgan fingerprint density at radius 2 is 1.30 bits per heavy atom. The molecule has 0 saturated carbocycles. The zero-order valence-electron chi connectivity index (χ0n) is 25.3. The normalized spacial score (nSPS) is 13.3. The number of hydrogen-bond donors (Lipinski definition) is 7. The van der Waals surface area contributed by atoms with Gasteiger partial charge in [-0.3, -0.25) is 19.2 Å². The number of aliphatic carboxylic acids is 1. The topological polar surface area (TPSA) is 209 Å². The molecule has 0 aliphatic rings. The molecule has 4 amide bonds. The van der Waals surface area contributed by atoms with Crippen LogP contribution >= 0.6 is 0 Å². The van der Waals surface area contributed by atoms with Crippen molar-refractivity contribution < 1.29 is 38.9 Å². The van der Waals surface area contributed by atoms with Gasteiger partial charge in [-0.05, 0) is 42.2 Å². The van der Waals surface area contributed by atoms with E-state index in [-0.39, 0.29) is 31.8 Å². The Morgan fingerprint density at radius 1 is 0.717 bits per heavy atom. The Labute approximate surface area is 266 Å². The Balaban J connectivity index is 1.53. The van der Waals surface area contributed by atoms with Crippen LogP contribution in [-0.2, 0) is 48.2 Å². The van der Waals surface area contributed by atoms with E-state index in [2.05, 4.69) is 21.3 Å². The van der Waals surface area contributed by atoms with E-state index in [0.29, 0.717) is 5.56 Å². The molecule has 3 aromatic carbocycles. The molecule has 3 aromatic rings. The van der Waals surface area contributed by atoms with Crippen LogP contribution in [0.3, 0.4) is 0 Å². The number of phenolic OH excluding ortho intramolecular Hbond substituents is 1. The van der Waals surface area contributed by atoms with Crippen molar-refractivity contribution in [3.8, 4) is 5.75 Å². The van der Waals surface area contributed by atoms with Crippen LogP contribution in [0.1, 0.15) is 23.6 Å². The van der Waals surface area contributed by atoms with E-state index in [9.17, 15) is 34.2 Å². The van der Waals surface area contributed by atoms with Gasteiger partial charge in [-0.25, -0.2) is 4.79 Å². The van der Waals surface area contributed by atoms with Gasteiger partial charge in [-0.15, -0.1) is 0 Å². The Bertz CT molecular complexity index is 1450. The van der Waals surface area contributed by atoms with Gasteiger partial charge in [-0.2, -0.15) is 0 Å². The minimum absolute atomic E-state index is 0.0505. The summed E-state index contributed by atoms with van der Waals surface area (Å²) in [6.45, 7) is 0.753. The number of rotatable bonds is 17. The van der Waals surface area contributed by atoms with Crippen molar-refractivity contribution in [2.24, 2.45) is 5.73 Å². The fourth-order valence-electron chi connectivity index (χ4n) is 4.31. The maximum absolute atomic E-state index is 13.2. The summed E-state index contributed by atoms with van der Waals surface area (Å²) in [5.41, 5.74) is 8.22. The van der Waals surface area contributed by atoms with Crippen molar-refractivity contribution in [2.75, 3.05) is 13.2 Å². The van der Waals surface area contributed by atoms with Crippen molar-refractivity contribution in [2.45, 2.75) is 50.5 Å². The SMILES string of the molecule is C[C@@H](NC(=O)[C@@H](N)Cc1ccc(O)cc1)C(=O)NCC(=O)N[C@@H](Cc1ccccc1)C(=O)N[C@@H](COCc1ccccc1)C(=O)O. The van der Waals surface area contributed by atoms with Crippen LogP contribution in [0.5, 0.6) is 5.75 Å². The maximum atomic E-state index is 13.2. The lowest BCUT2D eigenvalue weighted by Gasteiger charge is -2.22. The van der Waals surface area contributed by atoms with Gasteiger partial charge >= 0.3 is 5.97 Å². The number of carbonyl (C=O) groups excluding carboxylic acids is 4. The van der Waals surface area contributed by atoms with Crippen LogP contribution in [-0.4, -0.2) is 77.1 Å². The Kier molecular flexibility index (Phi) is 13.7. The molecule has 0 fully saturated rings. The van der Waals surface area contributed by atoms with E-state index in [1.807, 2.05) is 30.3 Å². The number of hydrogen-bond acceptors (Lipinski definition) is 8. The first-order valence-corrected chi connectivity index (χ1v) is 14.6. The van der Waals surface area contributed by atoms with Crippen molar-refractivity contribution in [1.82, 2.24) is 21.3 Å². The third-order valence-electron chi connectivity index (χ3n) is 6.85. The molecule has 13 nitrogen and oxygen atoms in total. The average Bonchev–Trinajstić information content (AvgIpc) is 3.04. The summed E-state index contributed by atoms with van der Waals surface area (Å²) >= 11 is 0. The monoisotopic (exact) mass is 633 g/mol. The summed E-state index contributed by atoms with van der Waals surface area (Å²) in [4.78, 5) is 63.0. The average molecular weight is 634 g/mol. The first-order chi connectivity index (χ1) is 22.0. The van der Waals surface area contributed by atoms with E-state index in [0.717, 1.165) is 11.1 Å². The zero-order chi connectivity index (χ0) is 33.5. The summed E-state index contributed by atoms with van der Waals surface area (Å²) in [5.74, 6) is -3.93. The molecule has 4 atom stereocenters. The van der Waals surface area contributed by atoms with Gasteiger partial charge in [0.1, 0.15) is 17.8 Å². The van der Waals surface area contributed by atoms with Gasteiger partial charge in [0.2, 0.25) is 23.6 Å². The van der Waals surface area contributed by atoms with E-state index >= 15 is 0 Å². The molecule has 0 aromatic heterocycles. The fraction of sp³-hybridized carbons (Fsp3) is 0.303. The van der Waals surface area contributed by atoms with Crippen LogP contribution in [0.4, 0.5) is 0 Å². The molecule has 244 valence electrons. The highest BCUT2D eigenvalue weighted by atomic mass is 16.5. The molecular weight excluding hydrogens is 594 g/mol. The third-order valence-corrected chi connectivity index (χ3v) is 6.85. The number of nitrogens with two attached hydrogens (primary N) is 1. The highest BCUT2D eigenvalue weighted by Crippen LogP contribution is 2.11. The lowest BCUT2D eigenvalue weighted by molar-refractivity contribution is -0.144.